The summed E-state index contributed by atoms with van der Waals surface area (Å²) in [5.74, 6) is -0.347. The quantitative estimate of drug-likeness (QED) is 0.931. The molecule has 2 aromatic carbocycles. The van der Waals surface area contributed by atoms with E-state index in [9.17, 15) is 13.2 Å². The lowest BCUT2D eigenvalue weighted by Gasteiger charge is -2.07. The first-order valence-electron chi connectivity index (χ1n) is 6.25. The van der Waals surface area contributed by atoms with E-state index in [1.807, 2.05) is 6.07 Å². The summed E-state index contributed by atoms with van der Waals surface area (Å²) in [6.45, 7) is 0. The minimum Gasteiger partial charge on any atom is -0.410 e. The van der Waals surface area contributed by atoms with Gasteiger partial charge in [-0.2, -0.15) is 5.26 Å². The van der Waals surface area contributed by atoms with Crippen LogP contribution in [0.4, 0.5) is 4.79 Å². The Morgan fingerprint density at radius 3 is 2.32 bits per heavy atom. The summed E-state index contributed by atoms with van der Waals surface area (Å²) < 4.78 is 28.9. The number of amides is 1. The highest BCUT2D eigenvalue weighted by Crippen LogP contribution is 2.12. The summed E-state index contributed by atoms with van der Waals surface area (Å²) in [6, 6.07) is 15.6. The number of hydrogen-bond acceptors (Lipinski definition) is 5. The van der Waals surface area contributed by atoms with Crippen molar-refractivity contribution in [2.45, 2.75) is 4.90 Å². The van der Waals surface area contributed by atoms with Crippen molar-refractivity contribution in [2.75, 3.05) is 5.88 Å². The number of carbonyl (C=O) groups is 1. The van der Waals surface area contributed by atoms with Crippen molar-refractivity contribution in [3.05, 3.63) is 60.2 Å². The number of rotatable bonds is 4. The predicted octanol–water partition coefficient (Wildman–Crippen LogP) is 2.08. The van der Waals surface area contributed by atoms with E-state index in [0.717, 1.165) is 0 Å². The second-order valence-electron chi connectivity index (χ2n) is 4.27. The van der Waals surface area contributed by atoms with Gasteiger partial charge in [0.2, 0.25) is 0 Å². The van der Waals surface area contributed by atoms with E-state index in [0.29, 0.717) is 5.56 Å². The van der Waals surface area contributed by atoms with E-state index in [1.54, 1.807) is 18.2 Å². The van der Waals surface area contributed by atoms with Gasteiger partial charge in [0.05, 0.1) is 16.5 Å². The number of nitrogens with one attached hydrogen (secondary N) is 1. The van der Waals surface area contributed by atoms with Gasteiger partial charge in [0, 0.05) is 0 Å². The Bertz CT molecular complexity index is 794. The molecule has 0 aliphatic rings. The Hall–Kier alpha value is -2.85. The maximum absolute atomic E-state index is 12.0. The summed E-state index contributed by atoms with van der Waals surface area (Å²) in [7, 11) is -3.61. The summed E-state index contributed by atoms with van der Waals surface area (Å²) in [4.78, 5) is 11.7. The molecule has 0 saturated heterocycles. The van der Waals surface area contributed by atoms with Crippen molar-refractivity contribution in [2.24, 2.45) is 0 Å². The highest BCUT2D eigenvalue weighted by atomic mass is 32.2. The normalized spacial score (nSPS) is 10.5. The van der Waals surface area contributed by atoms with Gasteiger partial charge >= 0.3 is 6.09 Å². The van der Waals surface area contributed by atoms with Gasteiger partial charge in [-0.05, 0) is 36.4 Å². The van der Waals surface area contributed by atoms with E-state index < -0.39 is 21.8 Å². The molecule has 0 saturated carbocycles. The third-order valence-electron chi connectivity index (χ3n) is 2.70. The number of hydrogen-bond donors (Lipinski definition) is 1. The molecule has 0 atom stereocenters. The molecular weight excluding hydrogens is 304 g/mol. The highest BCUT2D eigenvalue weighted by Gasteiger charge is 2.15. The molecule has 2 aromatic rings. The molecule has 0 heterocycles. The number of carbonyl (C=O) groups excluding carboxylic acids is 1. The average Bonchev–Trinajstić information content (AvgIpc) is 2.55. The second-order valence-corrected chi connectivity index (χ2v) is 6.26. The fourth-order valence-corrected chi connectivity index (χ4v) is 2.65. The van der Waals surface area contributed by atoms with E-state index in [1.165, 1.54) is 36.4 Å². The molecule has 1 N–H and O–H groups in total. The van der Waals surface area contributed by atoms with E-state index in [4.69, 9.17) is 10.00 Å². The zero-order chi connectivity index (χ0) is 16.0. The van der Waals surface area contributed by atoms with Crippen LogP contribution >= 0.6 is 0 Å². The number of benzene rings is 2. The van der Waals surface area contributed by atoms with Crippen LogP contribution in [0.3, 0.4) is 0 Å². The maximum Gasteiger partial charge on any atom is 0.413 e. The van der Waals surface area contributed by atoms with Crippen LogP contribution in [-0.2, 0) is 9.84 Å². The molecule has 1 amide bonds. The SMILES string of the molecule is N#Cc1ccc(OC(=O)NCS(=O)(=O)c2ccccc2)cc1. The molecular formula is C15H12N2O4S. The van der Waals surface area contributed by atoms with Crippen LogP contribution in [0.1, 0.15) is 5.56 Å². The molecule has 0 unspecified atom stereocenters. The van der Waals surface area contributed by atoms with Crippen LogP contribution in [-0.4, -0.2) is 20.4 Å². The van der Waals surface area contributed by atoms with Crippen molar-refractivity contribution in [1.82, 2.24) is 5.32 Å². The zero-order valence-corrected chi connectivity index (χ0v) is 12.2. The first-order valence-corrected chi connectivity index (χ1v) is 7.90. The van der Waals surface area contributed by atoms with Crippen molar-refractivity contribution in [3.8, 4) is 11.8 Å². The summed E-state index contributed by atoms with van der Waals surface area (Å²) in [5.41, 5.74) is 0.430. The molecule has 2 rings (SSSR count). The van der Waals surface area contributed by atoms with E-state index >= 15 is 0 Å². The predicted molar refractivity (Wildman–Crippen MR) is 78.8 cm³/mol. The molecule has 6 nitrogen and oxygen atoms in total. The van der Waals surface area contributed by atoms with Gasteiger partial charge in [0.1, 0.15) is 11.6 Å². The number of sulfone groups is 1. The highest BCUT2D eigenvalue weighted by molar-refractivity contribution is 7.91. The summed E-state index contributed by atoms with van der Waals surface area (Å²) in [6.07, 6.45) is -0.885. The van der Waals surface area contributed by atoms with Crippen LogP contribution in [0.2, 0.25) is 0 Å². The molecule has 0 bridgehead atoms. The van der Waals surface area contributed by atoms with Crippen molar-refractivity contribution in [3.63, 3.8) is 0 Å². The first-order chi connectivity index (χ1) is 10.5. The first kappa shape index (κ1) is 15.5. The topological polar surface area (TPSA) is 96.3 Å². The van der Waals surface area contributed by atoms with Crippen LogP contribution in [0, 0.1) is 11.3 Å². The fraction of sp³-hybridized carbons (Fsp3) is 0.0667. The largest absolute Gasteiger partial charge is 0.413 e. The number of nitriles is 1. The maximum atomic E-state index is 12.0. The van der Waals surface area contributed by atoms with Crippen LogP contribution in [0.5, 0.6) is 5.75 Å². The van der Waals surface area contributed by atoms with Gasteiger partial charge in [0.15, 0.2) is 9.84 Å². The monoisotopic (exact) mass is 316 g/mol. The van der Waals surface area contributed by atoms with E-state index in [2.05, 4.69) is 5.32 Å². The summed E-state index contributed by atoms with van der Waals surface area (Å²) in [5, 5.41) is 10.8. The van der Waals surface area contributed by atoms with E-state index in [-0.39, 0.29) is 10.6 Å². The van der Waals surface area contributed by atoms with Crippen molar-refractivity contribution < 1.29 is 17.9 Å². The third kappa shape index (κ3) is 4.07. The molecule has 0 spiro atoms. The Morgan fingerprint density at radius 1 is 1.09 bits per heavy atom. The minimum absolute atomic E-state index is 0.119. The van der Waals surface area contributed by atoms with Crippen molar-refractivity contribution >= 4 is 15.9 Å². The molecule has 0 aromatic heterocycles. The smallest absolute Gasteiger partial charge is 0.410 e. The van der Waals surface area contributed by atoms with Crippen LogP contribution in [0.15, 0.2) is 59.5 Å². The molecule has 22 heavy (non-hydrogen) atoms. The Balaban J connectivity index is 1.94. The van der Waals surface area contributed by atoms with Crippen LogP contribution in [0.25, 0.3) is 0 Å². The van der Waals surface area contributed by atoms with Gasteiger partial charge < -0.3 is 10.1 Å². The molecule has 0 radical (unpaired) electrons. The van der Waals surface area contributed by atoms with Crippen LogP contribution < -0.4 is 10.1 Å². The second kappa shape index (κ2) is 6.74. The number of ether oxygens (including phenoxy) is 1. The molecule has 112 valence electrons. The van der Waals surface area contributed by atoms with Gasteiger partial charge in [-0.25, -0.2) is 13.2 Å². The standard InChI is InChI=1S/C15H12N2O4S/c16-10-12-6-8-13(9-7-12)21-15(18)17-11-22(19,20)14-4-2-1-3-5-14/h1-9H,11H2,(H,17,18). The molecule has 0 aliphatic carbocycles. The molecule has 0 fully saturated rings. The lowest BCUT2D eigenvalue weighted by Crippen LogP contribution is -2.32. The fourth-order valence-electron chi connectivity index (χ4n) is 1.61. The van der Waals surface area contributed by atoms with Gasteiger partial charge in [-0.3, -0.25) is 0 Å². The number of nitrogens with zero attached hydrogens (tertiary/aromatic N) is 1. The Labute approximate surface area is 127 Å². The average molecular weight is 316 g/mol. The van der Waals surface area contributed by atoms with Crippen molar-refractivity contribution in [1.29, 1.82) is 5.26 Å². The Morgan fingerprint density at radius 2 is 1.73 bits per heavy atom. The lowest BCUT2D eigenvalue weighted by molar-refractivity contribution is 0.202. The zero-order valence-electron chi connectivity index (χ0n) is 11.4. The lowest BCUT2D eigenvalue weighted by atomic mass is 10.2. The third-order valence-corrected chi connectivity index (χ3v) is 4.22. The molecule has 0 aliphatic heterocycles. The van der Waals surface area contributed by atoms with Gasteiger partial charge in [-0.15, -0.1) is 0 Å². The minimum atomic E-state index is -3.61. The molecule has 7 heteroatoms. The Kier molecular flexibility index (Phi) is 4.76. The van der Waals surface area contributed by atoms with Gasteiger partial charge in [0.25, 0.3) is 0 Å². The van der Waals surface area contributed by atoms with Gasteiger partial charge in [-0.1, -0.05) is 18.2 Å². The summed E-state index contributed by atoms with van der Waals surface area (Å²) >= 11 is 0.